The van der Waals surface area contributed by atoms with Gasteiger partial charge in [0.15, 0.2) is 0 Å². The van der Waals surface area contributed by atoms with Gasteiger partial charge in [-0.15, -0.1) is 0 Å². The highest BCUT2D eigenvalue weighted by molar-refractivity contribution is 5.41. The minimum atomic E-state index is -0.317. The summed E-state index contributed by atoms with van der Waals surface area (Å²) in [5.74, 6) is -0.317. The molecule has 0 saturated heterocycles. The molecule has 0 saturated carbocycles. The number of benzene rings is 1. The smallest absolute Gasteiger partial charge is 0.125 e. The van der Waals surface area contributed by atoms with Gasteiger partial charge in [0, 0.05) is 12.3 Å². The Morgan fingerprint density at radius 3 is 2.67 bits per heavy atom. The molecule has 0 unspecified atom stereocenters. The summed E-state index contributed by atoms with van der Waals surface area (Å²) in [7, 11) is 0. The standard InChI is InChI=1S/C9H12FNO/c10-8-4-7(2-1-3-12)5-9(11)6-8/h4-6,12H,1-3,11H2. The predicted molar refractivity (Wildman–Crippen MR) is 46.2 cm³/mol. The lowest BCUT2D eigenvalue weighted by atomic mass is 10.1. The lowest BCUT2D eigenvalue weighted by Crippen LogP contribution is -1.93. The SMILES string of the molecule is Nc1cc(F)cc(CCCO)c1. The van der Waals surface area contributed by atoms with Gasteiger partial charge in [-0.2, -0.15) is 0 Å². The molecular formula is C9H12FNO. The highest BCUT2D eigenvalue weighted by atomic mass is 19.1. The molecule has 1 rings (SSSR count). The van der Waals surface area contributed by atoms with E-state index < -0.39 is 0 Å². The van der Waals surface area contributed by atoms with Crippen LogP contribution in [0.1, 0.15) is 12.0 Å². The molecule has 12 heavy (non-hydrogen) atoms. The van der Waals surface area contributed by atoms with Crippen LogP contribution in [0, 0.1) is 5.82 Å². The molecule has 0 bridgehead atoms. The van der Waals surface area contributed by atoms with E-state index in [-0.39, 0.29) is 12.4 Å². The largest absolute Gasteiger partial charge is 0.399 e. The molecule has 2 nitrogen and oxygen atoms in total. The molecule has 66 valence electrons. The molecule has 3 N–H and O–H groups in total. The summed E-state index contributed by atoms with van der Waals surface area (Å²) in [5.41, 5.74) is 6.70. The van der Waals surface area contributed by atoms with Gasteiger partial charge in [0.25, 0.3) is 0 Å². The molecule has 0 radical (unpaired) electrons. The normalized spacial score (nSPS) is 10.2. The zero-order valence-electron chi connectivity index (χ0n) is 6.76. The van der Waals surface area contributed by atoms with Crippen LogP contribution in [-0.4, -0.2) is 11.7 Å². The third-order valence-corrected chi connectivity index (χ3v) is 1.60. The van der Waals surface area contributed by atoms with E-state index in [0.29, 0.717) is 18.5 Å². The van der Waals surface area contributed by atoms with Gasteiger partial charge in [0.05, 0.1) is 0 Å². The number of halogens is 1. The highest BCUT2D eigenvalue weighted by Gasteiger charge is 1.97. The van der Waals surface area contributed by atoms with Crippen LogP contribution in [0.5, 0.6) is 0 Å². The molecule has 0 aromatic heterocycles. The van der Waals surface area contributed by atoms with Gasteiger partial charge in [-0.25, -0.2) is 4.39 Å². The van der Waals surface area contributed by atoms with Crippen molar-refractivity contribution in [3.63, 3.8) is 0 Å². The van der Waals surface area contributed by atoms with Crippen LogP contribution in [0.15, 0.2) is 18.2 Å². The summed E-state index contributed by atoms with van der Waals surface area (Å²) in [6, 6.07) is 4.44. The predicted octanol–water partition coefficient (Wildman–Crippen LogP) is 1.33. The van der Waals surface area contributed by atoms with E-state index in [2.05, 4.69) is 0 Å². The van der Waals surface area contributed by atoms with Gasteiger partial charge in [-0.1, -0.05) is 0 Å². The lowest BCUT2D eigenvalue weighted by molar-refractivity contribution is 0.288. The van der Waals surface area contributed by atoms with E-state index in [1.54, 1.807) is 6.07 Å². The summed E-state index contributed by atoms with van der Waals surface area (Å²) >= 11 is 0. The summed E-state index contributed by atoms with van der Waals surface area (Å²) in [6.07, 6.45) is 1.31. The van der Waals surface area contributed by atoms with Crippen molar-refractivity contribution in [3.05, 3.63) is 29.6 Å². The van der Waals surface area contributed by atoms with E-state index in [1.807, 2.05) is 0 Å². The Hall–Kier alpha value is -1.09. The fraction of sp³-hybridized carbons (Fsp3) is 0.333. The van der Waals surface area contributed by atoms with Crippen LogP contribution in [-0.2, 0) is 6.42 Å². The number of hydrogen-bond acceptors (Lipinski definition) is 2. The van der Waals surface area contributed by atoms with Gasteiger partial charge in [0.1, 0.15) is 5.82 Å². The van der Waals surface area contributed by atoms with E-state index in [9.17, 15) is 4.39 Å². The van der Waals surface area contributed by atoms with Gasteiger partial charge < -0.3 is 10.8 Å². The van der Waals surface area contributed by atoms with Crippen molar-refractivity contribution in [3.8, 4) is 0 Å². The molecule has 0 fully saturated rings. The summed E-state index contributed by atoms with van der Waals surface area (Å²) in [6.45, 7) is 0.121. The Morgan fingerprint density at radius 1 is 1.33 bits per heavy atom. The minimum Gasteiger partial charge on any atom is -0.399 e. The molecule has 3 heteroatoms. The Morgan fingerprint density at radius 2 is 2.08 bits per heavy atom. The minimum absolute atomic E-state index is 0.121. The second kappa shape index (κ2) is 4.07. The molecule has 0 heterocycles. The number of anilines is 1. The molecule has 0 aliphatic carbocycles. The Kier molecular flexibility index (Phi) is 3.05. The Labute approximate surface area is 70.8 Å². The van der Waals surface area contributed by atoms with Crippen LogP contribution >= 0.6 is 0 Å². The second-order valence-electron chi connectivity index (χ2n) is 2.72. The number of nitrogens with two attached hydrogens (primary N) is 1. The number of aliphatic hydroxyl groups excluding tert-OH is 1. The molecule has 0 spiro atoms. The highest BCUT2D eigenvalue weighted by Crippen LogP contribution is 2.11. The van der Waals surface area contributed by atoms with Crippen LogP contribution < -0.4 is 5.73 Å². The average Bonchev–Trinajstić information content (AvgIpc) is 1.99. The maximum atomic E-state index is 12.7. The average molecular weight is 169 g/mol. The summed E-state index contributed by atoms with van der Waals surface area (Å²) < 4.78 is 12.7. The fourth-order valence-electron chi connectivity index (χ4n) is 1.10. The van der Waals surface area contributed by atoms with E-state index in [0.717, 1.165) is 5.56 Å². The summed E-state index contributed by atoms with van der Waals surface area (Å²) in [5, 5.41) is 8.54. The van der Waals surface area contributed by atoms with Crippen LogP contribution in [0.3, 0.4) is 0 Å². The van der Waals surface area contributed by atoms with E-state index in [1.165, 1.54) is 12.1 Å². The van der Waals surface area contributed by atoms with Gasteiger partial charge in [-0.3, -0.25) is 0 Å². The number of nitrogen functional groups attached to an aromatic ring is 1. The Bertz CT molecular complexity index is 242. The van der Waals surface area contributed by atoms with Crippen LogP contribution in [0.25, 0.3) is 0 Å². The lowest BCUT2D eigenvalue weighted by Gasteiger charge is -2.01. The van der Waals surface area contributed by atoms with E-state index in [4.69, 9.17) is 10.8 Å². The molecule has 0 aliphatic rings. The first-order valence-electron chi connectivity index (χ1n) is 3.88. The van der Waals surface area contributed by atoms with Gasteiger partial charge >= 0.3 is 0 Å². The monoisotopic (exact) mass is 169 g/mol. The zero-order chi connectivity index (χ0) is 8.97. The first kappa shape index (κ1) is 9.00. The zero-order valence-corrected chi connectivity index (χ0v) is 6.76. The van der Waals surface area contributed by atoms with Gasteiger partial charge in [0.2, 0.25) is 0 Å². The third-order valence-electron chi connectivity index (χ3n) is 1.60. The summed E-state index contributed by atoms with van der Waals surface area (Å²) in [4.78, 5) is 0. The fourth-order valence-corrected chi connectivity index (χ4v) is 1.10. The topological polar surface area (TPSA) is 46.2 Å². The van der Waals surface area contributed by atoms with Crippen molar-refractivity contribution in [1.29, 1.82) is 0 Å². The van der Waals surface area contributed by atoms with Gasteiger partial charge in [-0.05, 0) is 36.6 Å². The molecule has 1 aromatic rings. The van der Waals surface area contributed by atoms with E-state index >= 15 is 0 Å². The first-order valence-corrected chi connectivity index (χ1v) is 3.88. The molecular weight excluding hydrogens is 157 g/mol. The van der Waals surface area contributed by atoms with Crippen molar-refractivity contribution in [1.82, 2.24) is 0 Å². The van der Waals surface area contributed by atoms with Crippen molar-refractivity contribution in [2.45, 2.75) is 12.8 Å². The number of aryl methyl sites for hydroxylation is 1. The number of aliphatic hydroxyl groups is 1. The van der Waals surface area contributed by atoms with Crippen molar-refractivity contribution < 1.29 is 9.50 Å². The maximum Gasteiger partial charge on any atom is 0.125 e. The van der Waals surface area contributed by atoms with Crippen molar-refractivity contribution in [2.75, 3.05) is 12.3 Å². The molecule has 1 aromatic carbocycles. The molecule has 0 aliphatic heterocycles. The van der Waals surface area contributed by atoms with Crippen LogP contribution in [0.4, 0.5) is 10.1 Å². The first-order chi connectivity index (χ1) is 5.72. The molecule has 0 atom stereocenters. The molecule has 0 amide bonds. The maximum absolute atomic E-state index is 12.7. The van der Waals surface area contributed by atoms with Crippen LogP contribution in [0.2, 0.25) is 0 Å². The van der Waals surface area contributed by atoms with Crippen molar-refractivity contribution in [2.24, 2.45) is 0 Å². The Balaban J connectivity index is 2.72. The second-order valence-corrected chi connectivity index (χ2v) is 2.72. The van der Waals surface area contributed by atoms with Crippen molar-refractivity contribution >= 4 is 5.69 Å². The number of hydrogen-bond donors (Lipinski definition) is 2. The quantitative estimate of drug-likeness (QED) is 0.670. The number of rotatable bonds is 3. The third kappa shape index (κ3) is 2.51.